The van der Waals surface area contributed by atoms with Gasteiger partial charge in [0.05, 0.1) is 0 Å². The Hall–Kier alpha value is -0.0800. The molecule has 112 valence electrons. The molecule has 0 aromatic carbocycles. The lowest BCUT2D eigenvalue weighted by Crippen LogP contribution is -2.50. The van der Waals surface area contributed by atoms with E-state index in [0.29, 0.717) is 5.54 Å². The van der Waals surface area contributed by atoms with Crippen LogP contribution in [0.2, 0.25) is 0 Å². The van der Waals surface area contributed by atoms with Crippen molar-refractivity contribution in [2.75, 3.05) is 26.2 Å². The molecular weight excluding hydrogens is 232 g/mol. The van der Waals surface area contributed by atoms with Gasteiger partial charge in [-0.25, -0.2) is 0 Å². The topological polar surface area (TPSA) is 15.3 Å². The second-order valence-corrected chi connectivity index (χ2v) is 6.84. The lowest BCUT2D eigenvalue weighted by molar-refractivity contribution is 0.192. The zero-order valence-electron chi connectivity index (χ0n) is 13.2. The summed E-state index contributed by atoms with van der Waals surface area (Å²) in [6.45, 7) is 9.81. The van der Waals surface area contributed by atoms with Crippen LogP contribution in [0.1, 0.15) is 71.6 Å². The monoisotopic (exact) mass is 266 g/mol. The molecule has 19 heavy (non-hydrogen) atoms. The van der Waals surface area contributed by atoms with Crippen molar-refractivity contribution >= 4 is 0 Å². The fraction of sp³-hybridized carbons (Fsp3) is 1.00. The van der Waals surface area contributed by atoms with E-state index in [4.69, 9.17) is 0 Å². The first-order chi connectivity index (χ1) is 9.28. The van der Waals surface area contributed by atoms with Crippen molar-refractivity contribution in [2.24, 2.45) is 5.92 Å². The molecule has 0 amide bonds. The molecule has 2 aliphatic rings. The number of hydrogen-bond donors (Lipinski definition) is 1. The molecule has 1 saturated carbocycles. The molecule has 1 aliphatic carbocycles. The van der Waals surface area contributed by atoms with E-state index in [-0.39, 0.29) is 0 Å². The minimum Gasteiger partial charge on any atom is -0.310 e. The van der Waals surface area contributed by atoms with Crippen molar-refractivity contribution in [3.8, 4) is 0 Å². The summed E-state index contributed by atoms with van der Waals surface area (Å²) in [6.07, 6.45) is 12.8. The number of nitrogens with zero attached hydrogens (tertiary/aromatic N) is 1. The van der Waals surface area contributed by atoms with Crippen LogP contribution in [0.5, 0.6) is 0 Å². The second-order valence-electron chi connectivity index (χ2n) is 6.84. The zero-order chi connectivity index (χ0) is 13.6. The maximum absolute atomic E-state index is 3.81. The largest absolute Gasteiger partial charge is 0.310 e. The molecule has 2 nitrogen and oxygen atoms in total. The fourth-order valence-electron chi connectivity index (χ4n) is 4.04. The Morgan fingerprint density at radius 2 is 1.84 bits per heavy atom. The molecule has 0 aromatic rings. The predicted octanol–water partition coefficient (Wildman–Crippen LogP) is 3.81. The lowest BCUT2D eigenvalue weighted by atomic mass is 9.92. The number of rotatable bonds is 6. The van der Waals surface area contributed by atoms with Crippen molar-refractivity contribution in [1.82, 2.24) is 10.2 Å². The maximum Gasteiger partial charge on any atom is 0.0303 e. The summed E-state index contributed by atoms with van der Waals surface area (Å²) in [5, 5.41) is 3.81. The van der Waals surface area contributed by atoms with Gasteiger partial charge in [-0.05, 0) is 57.7 Å². The van der Waals surface area contributed by atoms with E-state index in [1.807, 2.05) is 0 Å². The van der Waals surface area contributed by atoms with Crippen LogP contribution in [0.3, 0.4) is 0 Å². The van der Waals surface area contributed by atoms with Gasteiger partial charge in [0.15, 0.2) is 0 Å². The van der Waals surface area contributed by atoms with E-state index >= 15 is 0 Å². The first-order valence-electron chi connectivity index (χ1n) is 8.75. The molecule has 0 atom stereocenters. The van der Waals surface area contributed by atoms with E-state index in [1.54, 1.807) is 0 Å². The SMILES string of the molecule is CCC1(CC)CN(CCCC2CCCC2)CCCN1. The molecule has 0 radical (unpaired) electrons. The van der Waals surface area contributed by atoms with E-state index in [1.165, 1.54) is 84.0 Å². The van der Waals surface area contributed by atoms with Gasteiger partial charge in [0.2, 0.25) is 0 Å². The lowest BCUT2D eigenvalue weighted by Gasteiger charge is -2.35. The van der Waals surface area contributed by atoms with Crippen molar-refractivity contribution < 1.29 is 0 Å². The minimum absolute atomic E-state index is 0.393. The molecule has 1 N–H and O–H groups in total. The highest BCUT2D eigenvalue weighted by Gasteiger charge is 2.29. The molecule has 1 heterocycles. The standard InChI is InChI=1S/C17H34N2/c1-3-17(4-2)15-19(14-8-12-18-17)13-7-11-16-9-5-6-10-16/h16,18H,3-15H2,1-2H3. The van der Waals surface area contributed by atoms with Gasteiger partial charge in [-0.1, -0.05) is 39.5 Å². The van der Waals surface area contributed by atoms with Gasteiger partial charge in [-0.15, -0.1) is 0 Å². The molecule has 0 aromatic heterocycles. The van der Waals surface area contributed by atoms with Crippen LogP contribution in [0.4, 0.5) is 0 Å². The molecular formula is C17H34N2. The Balaban J connectivity index is 1.74. The van der Waals surface area contributed by atoms with Gasteiger partial charge in [0.25, 0.3) is 0 Å². The normalized spacial score (nSPS) is 25.6. The summed E-state index contributed by atoms with van der Waals surface area (Å²) in [7, 11) is 0. The third-order valence-electron chi connectivity index (χ3n) is 5.59. The molecule has 1 saturated heterocycles. The van der Waals surface area contributed by atoms with Gasteiger partial charge < -0.3 is 10.2 Å². The molecule has 1 aliphatic heterocycles. The summed E-state index contributed by atoms with van der Waals surface area (Å²) < 4.78 is 0. The maximum atomic E-state index is 3.81. The van der Waals surface area contributed by atoms with Crippen LogP contribution in [-0.4, -0.2) is 36.6 Å². The van der Waals surface area contributed by atoms with Gasteiger partial charge in [0.1, 0.15) is 0 Å². The Morgan fingerprint density at radius 3 is 2.53 bits per heavy atom. The van der Waals surface area contributed by atoms with Gasteiger partial charge in [-0.2, -0.15) is 0 Å². The highest BCUT2D eigenvalue weighted by Crippen LogP contribution is 2.28. The van der Waals surface area contributed by atoms with Crippen molar-refractivity contribution in [3.05, 3.63) is 0 Å². The summed E-state index contributed by atoms with van der Waals surface area (Å²) in [5.41, 5.74) is 0.393. The molecule has 2 heteroatoms. The molecule has 0 unspecified atom stereocenters. The van der Waals surface area contributed by atoms with Crippen LogP contribution in [0.25, 0.3) is 0 Å². The van der Waals surface area contributed by atoms with Gasteiger partial charge in [0, 0.05) is 12.1 Å². The van der Waals surface area contributed by atoms with Crippen molar-refractivity contribution in [3.63, 3.8) is 0 Å². The van der Waals surface area contributed by atoms with Crippen LogP contribution in [0, 0.1) is 5.92 Å². The average molecular weight is 266 g/mol. The first-order valence-corrected chi connectivity index (χ1v) is 8.75. The van der Waals surface area contributed by atoms with Gasteiger partial charge in [-0.3, -0.25) is 0 Å². The third-order valence-corrected chi connectivity index (χ3v) is 5.59. The highest BCUT2D eigenvalue weighted by molar-refractivity contribution is 4.91. The molecule has 2 fully saturated rings. The number of hydrogen-bond acceptors (Lipinski definition) is 2. The van der Waals surface area contributed by atoms with Crippen LogP contribution >= 0.6 is 0 Å². The van der Waals surface area contributed by atoms with E-state index in [0.717, 1.165) is 5.92 Å². The summed E-state index contributed by atoms with van der Waals surface area (Å²) in [6, 6.07) is 0. The Kier molecular flexibility index (Phi) is 6.15. The van der Waals surface area contributed by atoms with Crippen molar-refractivity contribution in [2.45, 2.75) is 77.2 Å². The van der Waals surface area contributed by atoms with E-state index in [2.05, 4.69) is 24.1 Å². The molecule has 2 rings (SSSR count). The summed E-state index contributed by atoms with van der Waals surface area (Å²) in [4.78, 5) is 2.74. The quantitative estimate of drug-likeness (QED) is 0.786. The third kappa shape index (κ3) is 4.46. The predicted molar refractivity (Wildman–Crippen MR) is 83.6 cm³/mol. The van der Waals surface area contributed by atoms with E-state index < -0.39 is 0 Å². The summed E-state index contributed by atoms with van der Waals surface area (Å²) in [5.74, 6) is 1.06. The Labute approximate surface area is 120 Å². The molecule has 0 bridgehead atoms. The zero-order valence-corrected chi connectivity index (χ0v) is 13.2. The number of nitrogens with one attached hydrogen (secondary N) is 1. The summed E-state index contributed by atoms with van der Waals surface area (Å²) >= 11 is 0. The van der Waals surface area contributed by atoms with Crippen LogP contribution in [-0.2, 0) is 0 Å². The van der Waals surface area contributed by atoms with Crippen LogP contribution < -0.4 is 5.32 Å². The van der Waals surface area contributed by atoms with Gasteiger partial charge >= 0.3 is 0 Å². The second kappa shape index (κ2) is 7.64. The highest BCUT2D eigenvalue weighted by atomic mass is 15.2. The first kappa shape index (κ1) is 15.3. The average Bonchev–Trinajstić information content (AvgIpc) is 2.86. The Bertz CT molecular complexity index is 242. The molecule has 0 spiro atoms. The minimum atomic E-state index is 0.393. The van der Waals surface area contributed by atoms with Crippen molar-refractivity contribution in [1.29, 1.82) is 0 Å². The fourth-order valence-corrected chi connectivity index (χ4v) is 4.04. The Morgan fingerprint density at radius 1 is 1.11 bits per heavy atom. The smallest absolute Gasteiger partial charge is 0.0303 e. The van der Waals surface area contributed by atoms with E-state index in [9.17, 15) is 0 Å². The van der Waals surface area contributed by atoms with Crippen LogP contribution in [0.15, 0.2) is 0 Å².